The van der Waals surface area contributed by atoms with Gasteiger partial charge in [-0.05, 0) is 12.8 Å². The molecule has 0 saturated heterocycles. The topological polar surface area (TPSA) is 108 Å². The molecule has 8 nitrogen and oxygen atoms in total. The van der Waals surface area contributed by atoms with E-state index in [4.69, 9.17) is 11.6 Å². The largest absolute Gasteiger partial charge is 0.392 e. The number of imidazole rings is 1. The Morgan fingerprint density at radius 2 is 2.03 bits per heavy atom. The Morgan fingerprint density at radius 1 is 1.22 bits per heavy atom. The van der Waals surface area contributed by atoms with Gasteiger partial charge in [0.15, 0.2) is 11.5 Å². The molecule has 2 atom stereocenters. The molecule has 4 aromatic rings. The zero-order valence-electron chi connectivity index (χ0n) is 17.2. The van der Waals surface area contributed by atoms with Gasteiger partial charge in [0.05, 0.1) is 40.9 Å². The van der Waals surface area contributed by atoms with E-state index in [0.717, 1.165) is 6.42 Å². The van der Waals surface area contributed by atoms with Gasteiger partial charge in [-0.25, -0.2) is 9.37 Å². The predicted molar refractivity (Wildman–Crippen MR) is 119 cm³/mol. The molecule has 0 radical (unpaired) electrons. The van der Waals surface area contributed by atoms with Crippen LogP contribution >= 0.6 is 11.6 Å². The fourth-order valence-electron chi connectivity index (χ4n) is 4.17. The molecule has 2 saturated carbocycles. The summed E-state index contributed by atoms with van der Waals surface area (Å²) in [5.41, 5.74) is 2.25. The Hall–Kier alpha value is -3.04. The van der Waals surface area contributed by atoms with Crippen LogP contribution in [-0.2, 0) is 4.79 Å². The van der Waals surface area contributed by atoms with Gasteiger partial charge >= 0.3 is 0 Å². The van der Waals surface area contributed by atoms with Crippen molar-refractivity contribution in [1.29, 1.82) is 0 Å². The number of aromatic nitrogens is 5. The third kappa shape index (κ3) is 3.71. The Morgan fingerprint density at radius 3 is 2.72 bits per heavy atom. The summed E-state index contributed by atoms with van der Waals surface area (Å²) in [5.74, 6) is -0.527. The van der Waals surface area contributed by atoms with Crippen LogP contribution in [0.2, 0.25) is 5.02 Å². The average molecular weight is 457 g/mol. The first-order valence-electron chi connectivity index (χ1n) is 10.7. The molecule has 2 aliphatic rings. The highest BCUT2D eigenvalue weighted by atomic mass is 35.5. The number of carbonyl (C=O) groups excluding carboxylic acids is 1. The lowest BCUT2D eigenvalue weighted by Crippen LogP contribution is -2.14. The minimum atomic E-state index is -0.609. The first-order chi connectivity index (χ1) is 15.6. The van der Waals surface area contributed by atoms with Gasteiger partial charge in [-0.3, -0.25) is 14.9 Å². The first-order valence-corrected chi connectivity index (χ1v) is 11.0. The number of aromatic amines is 1. The normalized spacial score (nSPS) is 19.7. The van der Waals surface area contributed by atoms with Gasteiger partial charge in [0, 0.05) is 28.6 Å². The molecule has 2 aliphatic carbocycles. The Kier molecular flexibility index (Phi) is 5.52. The average Bonchev–Trinajstić information content (AvgIpc) is 3.34. The number of H-pyrrole nitrogens is 1. The van der Waals surface area contributed by atoms with Gasteiger partial charge in [-0.1, -0.05) is 37.3 Å². The van der Waals surface area contributed by atoms with Crippen LogP contribution in [0, 0.1) is 5.82 Å². The molecule has 10 heteroatoms. The number of amides is 1. The molecular weight excluding hydrogens is 435 g/mol. The third-order valence-corrected chi connectivity index (χ3v) is 6.19. The summed E-state index contributed by atoms with van der Waals surface area (Å²) >= 11 is 6.48. The number of aliphatic hydroxyl groups excluding tert-OH is 1. The minimum Gasteiger partial charge on any atom is -0.392 e. The van der Waals surface area contributed by atoms with E-state index in [-0.39, 0.29) is 10.9 Å². The lowest BCUT2D eigenvalue weighted by atomic mass is 9.91. The number of fused-ring (bicyclic) bond motifs is 2. The monoisotopic (exact) mass is 456 g/mol. The van der Waals surface area contributed by atoms with Gasteiger partial charge in [-0.2, -0.15) is 5.10 Å². The second-order valence-corrected chi connectivity index (χ2v) is 8.55. The first kappa shape index (κ1) is 20.8. The van der Waals surface area contributed by atoms with Crippen molar-refractivity contribution in [1.82, 2.24) is 24.6 Å². The molecule has 1 amide bonds. The van der Waals surface area contributed by atoms with E-state index in [2.05, 4.69) is 25.5 Å². The fraction of sp³-hybridized carbons (Fsp3) is 0.364. The number of anilines is 1. The molecule has 3 N–H and O–H groups in total. The summed E-state index contributed by atoms with van der Waals surface area (Å²) < 4.78 is 17.1. The summed E-state index contributed by atoms with van der Waals surface area (Å²) in [7, 11) is 0. The van der Waals surface area contributed by atoms with Crippen molar-refractivity contribution in [3.63, 3.8) is 0 Å². The van der Waals surface area contributed by atoms with Crippen LogP contribution in [0.4, 0.5) is 10.2 Å². The van der Waals surface area contributed by atoms with Gasteiger partial charge in [0.2, 0.25) is 6.41 Å². The zero-order chi connectivity index (χ0) is 22.2. The van der Waals surface area contributed by atoms with Gasteiger partial charge < -0.3 is 14.8 Å². The van der Waals surface area contributed by atoms with Gasteiger partial charge in [-0.15, -0.1) is 0 Å². The highest BCUT2D eigenvalue weighted by molar-refractivity contribution is 6.35. The molecule has 32 heavy (non-hydrogen) atoms. The number of nitrogens with zero attached hydrogens (tertiary/aromatic N) is 4. The van der Waals surface area contributed by atoms with Crippen molar-refractivity contribution >= 4 is 40.4 Å². The number of rotatable bonds is 4. The third-order valence-electron chi connectivity index (χ3n) is 5.83. The van der Waals surface area contributed by atoms with E-state index in [1.165, 1.54) is 25.5 Å². The maximum absolute atomic E-state index is 15.4. The van der Waals surface area contributed by atoms with Gasteiger partial charge in [0.1, 0.15) is 5.82 Å². The molecule has 1 aromatic carbocycles. The highest BCUT2D eigenvalue weighted by Gasteiger charge is 2.33. The predicted octanol–water partition coefficient (Wildman–Crippen LogP) is 4.43. The number of nitrogens with one attached hydrogen (secondary N) is 2. The van der Waals surface area contributed by atoms with E-state index in [1.807, 2.05) is 0 Å². The number of hydrogen-bond acceptors (Lipinski definition) is 5. The molecule has 166 valence electrons. The van der Waals surface area contributed by atoms with Crippen LogP contribution in [0.25, 0.3) is 27.8 Å². The van der Waals surface area contributed by atoms with Crippen molar-refractivity contribution in [3.05, 3.63) is 41.2 Å². The number of halogens is 2. The molecule has 0 spiro atoms. The quantitative estimate of drug-likeness (QED) is 0.393. The summed E-state index contributed by atoms with van der Waals surface area (Å²) in [6.45, 7) is 0. The molecule has 6 rings (SSSR count). The lowest BCUT2D eigenvalue weighted by Gasteiger charge is -2.19. The van der Waals surface area contributed by atoms with E-state index in [1.54, 1.807) is 23.0 Å². The molecule has 0 bridgehead atoms. The van der Waals surface area contributed by atoms with Crippen molar-refractivity contribution in [3.8, 4) is 11.3 Å². The number of carbonyl (C=O) groups is 1. The van der Waals surface area contributed by atoms with Crippen LogP contribution in [0.3, 0.4) is 0 Å². The Balaban J connectivity index is 0.000000666. The molecule has 3 heterocycles. The smallest absolute Gasteiger partial charge is 0.212 e. The highest BCUT2D eigenvalue weighted by Crippen LogP contribution is 2.45. The second-order valence-electron chi connectivity index (χ2n) is 8.17. The molecule has 0 aliphatic heterocycles. The zero-order valence-corrected chi connectivity index (χ0v) is 17.9. The van der Waals surface area contributed by atoms with Crippen molar-refractivity contribution < 1.29 is 14.3 Å². The van der Waals surface area contributed by atoms with Crippen LogP contribution in [0.1, 0.15) is 50.0 Å². The molecule has 2 fully saturated rings. The SMILES string of the molecule is C1CC1.O=CNc1cn2cc(-c3c(Cl)c(F)c(C4CCCC4O)c4[nH]ncc34)ncc2n1. The van der Waals surface area contributed by atoms with Gasteiger partial charge in [0.25, 0.3) is 0 Å². The van der Waals surface area contributed by atoms with Crippen molar-refractivity contribution in [2.45, 2.75) is 50.5 Å². The minimum absolute atomic E-state index is 0.0637. The van der Waals surface area contributed by atoms with Crippen LogP contribution in [0.5, 0.6) is 0 Å². The Labute approximate surface area is 187 Å². The summed E-state index contributed by atoms with van der Waals surface area (Å²) in [6, 6.07) is 0. The van der Waals surface area contributed by atoms with Crippen molar-refractivity contribution in [2.24, 2.45) is 0 Å². The fourth-order valence-corrected chi connectivity index (χ4v) is 4.47. The Bertz CT molecular complexity index is 1300. The van der Waals surface area contributed by atoms with Crippen molar-refractivity contribution in [2.75, 3.05) is 5.32 Å². The second kappa shape index (κ2) is 8.48. The summed E-state index contributed by atoms with van der Waals surface area (Å²) in [6.07, 6.45) is 13.0. The number of hydrogen-bond donors (Lipinski definition) is 3. The molecule has 2 unspecified atom stereocenters. The van der Waals surface area contributed by atoms with E-state index >= 15 is 4.39 Å². The van der Waals surface area contributed by atoms with Crippen LogP contribution in [-0.4, -0.2) is 42.2 Å². The van der Waals surface area contributed by atoms with E-state index < -0.39 is 11.9 Å². The number of benzene rings is 1. The maximum atomic E-state index is 15.4. The van der Waals surface area contributed by atoms with Crippen LogP contribution < -0.4 is 5.32 Å². The number of aliphatic hydroxyl groups is 1. The van der Waals surface area contributed by atoms with E-state index in [9.17, 15) is 9.90 Å². The van der Waals surface area contributed by atoms with E-state index in [0.29, 0.717) is 58.4 Å². The molecular formula is C22H22ClFN6O2. The standard InChI is InChI=1S/C19H16ClFN6O2.C3H6/c20-17-15(11-6-27-7-13(23-8-28)25-14(27)5-22-11)10-4-24-26-19(10)16(18(17)21)9-2-1-3-12(9)29;1-2-3-1/h4-9,12,29H,1-3H2,(H,23,28)(H,24,26);1-3H2. The maximum Gasteiger partial charge on any atom is 0.212 e. The lowest BCUT2D eigenvalue weighted by molar-refractivity contribution is -0.105. The summed E-state index contributed by atoms with van der Waals surface area (Å²) in [4.78, 5) is 19.2. The molecule has 3 aromatic heterocycles. The summed E-state index contributed by atoms with van der Waals surface area (Å²) in [5, 5.41) is 20.3. The van der Waals surface area contributed by atoms with Crippen LogP contribution in [0.15, 0.2) is 24.8 Å².